The number of nitrogens with zero attached hydrogens (tertiary/aromatic N) is 1. The van der Waals surface area contributed by atoms with Crippen LogP contribution in [0.25, 0.3) is 0 Å². The Kier molecular flexibility index (Phi) is 4.20. The molecule has 0 atom stereocenters. The number of aryl methyl sites for hydroxylation is 1. The summed E-state index contributed by atoms with van der Waals surface area (Å²) in [6, 6.07) is 3.56. The average Bonchev–Trinajstić information content (AvgIpc) is 2.42. The molecule has 4 heteroatoms. The van der Waals surface area contributed by atoms with Crippen LogP contribution in [0.1, 0.15) is 48.7 Å². The fourth-order valence-corrected chi connectivity index (χ4v) is 2.69. The molecule has 1 fully saturated rings. The molecule has 0 bridgehead atoms. The molecular formula is C15H23N3O. The molecule has 1 aromatic rings. The lowest BCUT2D eigenvalue weighted by atomic mass is 9.77. The molecule has 1 aromatic heterocycles. The maximum absolute atomic E-state index is 12.3. The molecule has 2 rings (SSSR count). The lowest BCUT2D eigenvalue weighted by Crippen LogP contribution is -2.55. The van der Waals surface area contributed by atoms with Gasteiger partial charge in [-0.25, -0.2) is 0 Å². The van der Waals surface area contributed by atoms with Gasteiger partial charge in [0.2, 0.25) is 0 Å². The first-order valence-corrected chi connectivity index (χ1v) is 7.00. The number of hydrogen-bond acceptors (Lipinski definition) is 3. The lowest BCUT2D eigenvalue weighted by molar-refractivity contribution is 0.0860. The van der Waals surface area contributed by atoms with Crippen molar-refractivity contribution in [1.82, 2.24) is 10.3 Å². The van der Waals surface area contributed by atoms with Gasteiger partial charge < -0.3 is 11.1 Å². The summed E-state index contributed by atoms with van der Waals surface area (Å²) in [7, 11) is 0. The Hall–Kier alpha value is -1.42. The molecule has 1 heterocycles. The van der Waals surface area contributed by atoms with Crippen molar-refractivity contribution in [3.63, 3.8) is 0 Å². The first-order valence-electron chi connectivity index (χ1n) is 7.00. The lowest BCUT2D eigenvalue weighted by Gasteiger charge is -2.39. The van der Waals surface area contributed by atoms with Crippen molar-refractivity contribution < 1.29 is 4.79 Å². The van der Waals surface area contributed by atoms with Crippen molar-refractivity contribution in [3.8, 4) is 0 Å². The van der Waals surface area contributed by atoms with Gasteiger partial charge in [0.05, 0.1) is 5.54 Å². The topological polar surface area (TPSA) is 68.0 Å². The van der Waals surface area contributed by atoms with Crippen LogP contribution in [0.3, 0.4) is 0 Å². The summed E-state index contributed by atoms with van der Waals surface area (Å²) < 4.78 is 0. The van der Waals surface area contributed by atoms with E-state index in [4.69, 9.17) is 5.73 Å². The van der Waals surface area contributed by atoms with Gasteiger partial charge in [0, 0.05) is 24.0 Å². The summed E-state index contributed by atoms with van der Waals surface area (Å²) in [6.07, 6.45) is 5.88. The summed E-state index contributed by atoms with van der Waals surface area (Å²) in [5.41, 5.74) is 7.21. The highest BCUT2D eigenvalue weighted by molar-refractivity contribution is 5.94. The molecule has 0 aromatic carbocycles. The van der Waals surface area contributed by atoms with E-state index < -0.39 is 0 Å². The van der Waals surface area contributed by atoms with E-state index in [9.17, 15) is 4.79 Å². The number of nitrogens with two attached hydrogens (primary N) is 1. The van der Waals surface area contributed by atoms with Crippen LogP contribution >= 0.6 is 0 Å². The summed E-state index contributed by atoms with van der Waals surface area (Å²) in [5.74, 6) is 0.699. The van der Waals surface area contributed by atoms with Crippen LogP contribution in [0.2, 0.25) is 0 Å². The highest BCUT2D eigenvalue weighted by Gasteiger charge is 2.34. The van der Waals surface area contributed by atoms with Crippen LogP contribution in [0.5, 0.6) is 0 Å². The van der Waals surface area contributed by atoms with Gasteiger partial charge in [-0.1, -0.05) is 6.92 Å². The maximum Gasteiger partial charge on any atom is 0.251 e. The summed E-state index contributed by atoms with van der Waals surface area (Å²) >= 11 is 0. The van der Waals surface area contributed by atoms with Crippen LogP contribution in [-0.2, 0) is 0 Å². The Balaban J connectivity index is 2.08. The van der Waals surface area contributed by atoms with E-state index in [0.29, 0.717) is 12.1 Å². The molecule has 19 heavy (non-hydrogen) atoms. The van der Waals surface area contributed by atoms with Gasteiger partial charge in [0.15, 0.2) is 0 Å². The van der Waals surface area contributed by atoms with Crippen LogP contribution in [-0.4, -0.2) is 23.0 Å². The van der Waals surface area contributed by atoms with Crippen molar-refractivity contribution in [2.45, 2.75) is 45.1 Å². The third-order valence-electron chi connectivity index (χ3n) is 4.16. The highest BCUT2D eigenvalue weighted by atomic mass is 16.1. The SMILES string of the molecule is Cc1cc(C(=O)NC2(CN)CCC(C)CC2)ccn1. The first-order chi connectivity index (χ1) is 9.04. The smallest absolute Gasteiger partial charge is 0.251 e. The number of amides is 1. The molecule has 0 spiro atoms. The Morgan fingerprint density at radius 2 is 2.21 bits per heavy atom. The maximum atomic E-state index is 12.3. The predicted molar refractivity (Wildman–Crippen MR) is 75.9 cm³/mol. The van der Waals surface area contributed by atoms with Crippen LogP contribution in [0, 0.1) is 12.8 Å². The van der Waals surface area contributed by atoms with E-state index in [1.165, 1.54) is 0 Å². The standard InChI is InChI=1S/C15H23N3O/c1-11-3-6-15(10-16,7-4-11)18-14(19)13-5-8-17-12(2)9-13/h5,8-9,11H,3-4,6-7,10,16H2,1-2H3,(H,18,19). The summed E-state index contributed by atoms with van der Waals surface area (Å²) in [4.78, 5) is 16.4. The van der Waals surface area contributed by atoms with Crippen molar-refractivity contribution >= 4 is 5.91 Å². The third kappa shape index (κ3) is 3.32. The fourth-order valence-electron chi connectivity index (χ4n) is 2.69. The first kappa shape index (κ1) is 14.0. The minimum absolute atomic E-state index is 0.0366. The van der Waals surface area contributed by atoms with E-state index in [2.05, 4.69) is 17.2 Å². The molecule has 3 N–H and O–H groups in total. The minimum atomic E-state index is -0.221. The molecule has 0 saturated heterocycles. The van der Waals surface area contributed by atoms with Crippen molar-refractivity contribution in [3.05, 3.63) is 29.6 Å². The number of aromatic nitrogens is 1. The van der Waals surface area contributed by atoms with Crippen LogP contribution < -0.4 is 11.1 Å². The number of carbonyl (C=O) groups excluding carboxylic acids is 1. The van der Waals surface area contributed by atoms with E-state index in [1.807, 2.05) is 13.0 Å². The van der Waals surface area contributed by atoms with Crippen molar-refractivity contribution in [2.75, 3.05) is 6.54 Å². The number of pyridine rings is 1. The van der Waals surface area contributed by atoms with Gasteiger partial charge in [0.25, 0.3) is 5.91 Å². The number of rotatable bonds is 3. The Morgan fingerprint density at radius 3 is 2.79 bits per heavy atom. The van der Waals surface area contributed by atoms with Gasteiger partial charge in [0.1, 0.15) is 0 Å². The second-order valence-electron chi connectivity index (χ2n) is 5.81. The van der Waals surface area contributed by atoms with Gasteiger partial charge in [-0.05, 0) is 50.7 Å². The zero-order valence-corrected chi connectivity index (χ0v) is 11.8. The number of nitrogens with one attached hydrogen (secondary N) is 1. The Bertz CT molecular complexity index is 450. The molecule has 1 amide bonds. The molecule has 0 unspecified atom stereocenters. The average molecular weight is 261 g/mol. The van der Waals surface area contributed by atoms with Crippen LogP contribution in [0.4, 0.5) is 0 Å². The molecule has 104 valence electrons. The Labute approximate surface area is 114 Å². The monoisotopic (exact) mass is 261 g/mol. The Morgan fingerprint density at radius 1 is 1.53 bits per heavy atom. The van der Waals surface area contributed by atoms with Crippen molar-refractivity contribution in [2.24, 2.45) is 11.7 Å². The van der Waals surface area contributed by atoms with E-state index in [0.717, 1.165) is 37.3 Å². The molecule has 1 aliphatic rings. The zero-order chi connectivity index (χ0) is 13.9. The van der Waals surface area contributed by atoms with Gasteiger partial charge in [-0.3, -0.25) is 9.78 Å². The number of carbonyl (C=O) groups is 1. The van der Waals surface area contributed by atoms with Gasteiger partial charge in [-0.2, -0.15) is 0 Å². The zero-order valence-electron chi connectivity index (χ0n) is 11.8. The van der Waals surface area contributed by atoms with E-state index in [1.54, 1.807) is 12.3 Å². The summed E-state index contributed by atoms with van der Waals surface area (Å²) in [6.45, 7) is 4.65. The second kappa shape index (κ2) is 5.70. The fraction of sp³-hybridized carbons (Fsp3) is 0.600. The van der Waals surface area contributed by atoms with Crippen molar-refractivity contribution in [1.29, 1.82) is 0 Å². The molecule has 0 aliphatic heterocycles. The third-order valence-corrected chi connectivity index (χ3v) is 4.16. The highest BCUT2D eigenvalue weighted by Crippen LogP contribution is 2.31. The van der Waals surface area contributed by atoms with Gasteiger partial charge >= 0.3 is 0 Å². The number of hydrogen-bond donors (Lipinski definition) is 2. The molecule has 4 nitrogen and oxygen atoms in total. The van der Waals surface area contributed by atoms with E-state index >= 15 is 0 Å². The minimum Gasteiger partial charge on any atom is -0.345 e. The molecular weight excluding hydrogens is 238 g/mol. The summed E-state index contributed by atoms with van der Waals surface area (Å²) in [5, 5.41) is 3.15. The molecule has 1 saturated carbocycles. The second-order valence-corrected chi connectivity index (χ2v) is 5.81. The van der Waals surface area contributed by atoms with Crippen LogP contribution in [0.15, 0.2) is 18.3 Å². The largest absolute Gasteiger partial charge is 0.345 e. The normalized spacial score (nSPS) is 27.0. The molecule has 1 aliphatic carbocycles. The molecule has 0 radical (unpaired) electrons. The van der Waals surface area contributed by atoms with Gasteiger partial charge in [-0.15, -0.1) is 0 Å². The van der Waals surface area contributed by atoms with E-state index in [-0.39, 0.29) is 11.4 Å². The quantitative estimate of drug-likeness (QED) is 0.874. The predicted octanol–water partition coefficient (Wildman–Crippen LogP) is 2.03.